The third-order valence-electron chi connectivity index (χ3n) is 9.04. The topological polar surface area (TPSA) is 8.17 Å². The SMILES string of the molecule is c1ccc(N2c3cc(-n4c5c(c6ccccc64)CCCC5)ccc3B3c4ccccc4Sc4cccc2c43)cc1. The van der Waals surface area contributed by atoms with E-state index in [-0.39, 0.29) is 6.71 Å². The summed E-state index contributed by atoms with van der Waals surface area (Å²) in [4.78, 5) is 5.23. The summed E-state index contributed by atoms with van der Waals surface area (Å²) < 4.78 is 2.56. The Bertz CT molecular complexity index is 1960. The molecule has 0 saturated heterocycles. The molecule has 0 fully saturated rings. The number of benzene rings is 5. The molecule has 0 atom stereocenters. The van der Waals surface area contributed by atoms with Crippen molar-refractivity contribution < 1.29 is 0 Å². The molecule has 4 heteroatoms. The summed E-state index contributed by atoms with van der Waals surface area (Å²) in [6, 6.07) is 43.0. The van der Waals surface area contributed by atoms with Crippen LogP contribution in [0.5, 0.6) is 0 Å². The van der Waals surface area contributed by atoms with E-state index in [0.717, 1.165) is 6.42 Å². The van der Waals surface area contributed by atoms with Crippen LogP contribution in [0, 0.1) is 0 Å². The maximum atomic E-state index is 2.56. The smallest absolute Gasteiger partial charge is 0.249 e. The molecule has 40 heavy (non-hydrogen) atoms. The van der Waals surface area contributed by atoms with Gasteiger partial charge in [0, 0.05) is 43.6 Å². The Balaban J connectivity index is 1.34. The fraction of sp³-hybridized carbons (Fsp3) is 0.111. The summed E-state index contributed by atoms with van der Waals surface area (Å²) in [6.07, 6.45) is 4.86. The van der Waals surface area contributed by atoms with Gasteiger partial charge in [-0.05, 0) is 90.7 Å². The van der Waals surface area contributed by atoms with Gasteiger partial charge in [0.2, 0.25) is 6.71 Å². The summed E-state index contributed by atoms with van der Waals surface area (Å²) in [5, 5.41) is 1.42. The molecular formula is C36H27BN2S. The second-order valence-corrected chi connectivity index (χ2v) is 12.2. The van der Waals surface area contributed by atoms with Crippen molar-refractivity contribution >= 4 is 62.8 Å². The van der Waals surface area contributed by atoms with Crippen LogP contribution < -0.4 is 21.3 Å². The molecule has 0 spiro atoms. The van der Waals surface area contributed by atoms with Gasteiger partial charge in [-0.3, -0.25) is 0 Å². The van der Waals surface area contributed by atoms with E-state index in [4.69, 9.17) is 0 Å². The summed E-state index contributed by atoms with van der Waals surface area (Å²) in [5.74, 6) is 0. The van der Waals surface area contributed by atoms with Gasteiger partial charge in [-0.1, -0.05) is 84.0 Å². The Morgan fingerprint density at radius 1 is 0.600 bits per heavy atom. The minimum Gasteiger partial charge on any atom is -0.313 e. The molecule has 2 aliphatic heterocycles. The lowest BCUT2D eigenvalue weighted by Gasteiger charge is -2.40. The van der Waals surface area contributed by atoms with E-state index in [2.05, 4.69) is 125 Å². The van der Waals surface area contributed by atoms with Crippen LogP contribution in [0.4, 0.5) is 17.1 Å². The van der Waals surface area contributed by atoms with Gasteiger partial charge in [0.05, 0.1) is 5.52 Å². The number of rotatable bonds is 2. The van der Waals surface area contributed by atoms with E-state index in [1.807, 2.05) is 11.8 Å². The number of aromatic nitrogens is 1. The van der Waals surface area contributed by atoms with Gasteiger partial charge in [0.15, 0.2) is 0 Å². The quantitative estimate of drug-likeness (QED) is 0.217. The minimum atomic E-state index is 0.225. The second kappa shape index (κ2) is 8.68. The van der Waals surface area contributed by atoms with Gasteiger partial charge in [-0.25, -0.2) is 0 Å². The van der Waals surface area contributed by atoms with Crippen LogP contribution in [0.15, 0.2) is 125 Å². The molecule has 2 nitrogen and oxygen atoms in total. The molecule has 1 aromatic heterocycles. The highest BCUT2D eigenvalue weighted by molar-refractivity contribution is 8.00. The number of fused-ring (bicyclic) bond motifs is 7. The standard InChI is InChI=1S/C36H27BN2S/c1-2-11-24(12-3-1)38-32-18-10-20-35-36(32)37(29-15-6-9-19-34(29)40-35)28-22-21-25(23-33(28)38)39-30-16-7-4-13-26(30)27-14-5-8-17-31(27)39/h1-4,6-7,9-13,15-16,18-23H,5,8,14,17H2. The molecule has 0 unspecified atom stereocenters. The van der Waals surface area contributed by atoms with Crippen LogP contribution in [0.3, 0.4) is 0 Å². The van der Waals surface area contributed by atoms with Crippen LogP contribution >= 0.6 is 11.8 Å². The molecule has 0 radical (unpaired) electrons. The number of hydrogen-bond donors (Lipinski definition) is 0. The van der Waals surface area contributed by atoms with Crippen molar-refractivity contribution in [1.82, 2.24) is 4.57 Å². The molecular weight excluding hydrogens is 503 g/mol. The number of aryl methyl sites for hydroxylation is 1. The largest absolute Gasteiger partial charge is 0.313 e. The number of nitrogens with zero attached hydrogens (tertiary/aromatic N) is 2. The van der Waals surface area contributed by atoms with Crippen molar-refractivity contribution in [2.24, 2.45) is 0 Å². The Morgan fingerprint density at radius 3 is 2.35 bits per heavy atom. The molecule has 3 aliphatic rings. The summed E-state index contributed by atoms with van der Waals surface area (Å²) in [5.41, 5.74) is 13.6. The molecule has 0 bridgehead atoms. The fourth-order valence-corrected chi connectivity index (χ4v) is 8.57. The zero-order valence-electron chi connectivity index (χ0n) is 22.2. The van der Waals surface area contributed by atoms with Gasteiger partial charge in [-0.2, -0.15) is 0 Å². The highest BCUT2D eigenvalue weighted by Gasteiger charge is 2.40. The first-order valence-electron chi connectivity index (χ1n) is 14.4. The zero-order valence-corrected chi connectivity index (χ0v) is 23.0. The van der Waals surface area contributed by atoms with Crippen molar-refractivity contribution in [1.29, 1.82) is 0 Å². The van der Waals surface area contributed by atoms with E-state index < -0.39 is 0 Å². The van der Waals surface area contributed by atoms with Gasteiger partial charge < -0.3 is 9.47 Å². The predicted octanol–water partition coefficient (Wildman–Crippen LogP) is 7.27. The Morgan fingerprint density at radius 2 is 1.40 bits per heavy atom. The molecule has 3 heterocycles. The fourth-order valence-electron chi connectivity index (χ4n) is 7.40. The number of anilines is 3. The predicted molar refractivity (Wildman–Crippen MR) is 170 cm³/mol. The van der Waals surface area contributed by atoms with Gasteiger partial charge >= 0.3 is 0 Å². The molecule has 6 aromatic rings. The van der Waals surface area contributed by atoms with Crippen molar-refractivity contribution in [2.45, 2.75) is 35.5 Å². The van der Waals surface area contributed by atoms with Gasteiger partial charge in [0.25, 0.3) is 0 Å². The maximum Gasteiger partial charge on any atom is 0.249 e. The Kier molecular flexibility index (Phi) is 4.91. The van der Waals surface area contributed by atoms with Crippen molar-refractivity contribution in [3.8, 4) is 5.69 Å². The molecule has 190 valence electrons. The van der Waals surface area contributed by atoms with Crippen LogP contribution in [0.1, 0.15) is 24.1 Å². The van der Waals surface area contributed by atoms with Crippen LogP contribution in [-0.2, 0) is 12.8 Å². The lowest BCUT2D eigenvalue weighted by Crippen LogP contribution is -2.59. The Labute approximate surface area is 239 Å². The number of hydrogen-bond acceptors (Lipinski definition) is 2. The van der Waals surface area contributed by atoms with E-state index in [1.165, 1.54) is 84.8 Å². The van der Waals surface area contributed by atoms with Crippen molar-refractivity contribution in [3.63, 3.8) is 0 Å². The molecule has 0 saturated carbocycles. The average Bonchev–Trinajstić information content (AvgIpc) is 3.35. The Hall–Kier alpha value is -4.15. The summed E-state index contributed by atoms with van der Waals surface area (Å²) in [6.45, 7) is 0.225. The van der Waals surface area contributed by atoms with E-state index >= 15 is 0 Å². The second-order valence-electron chi connectivity index (χ2n) is 11.2. The molecule has 0 N–H and O–H groups in total. The summed E-state index contributed by atoms with van der Waals surface area (Å²) in [7, 11) is 0. The lowest BCUT2D eigenvalue weighted by molar-refractivity contribution is 0.667. The maximum absolute atomic E-state index is 2.56. The van der Waals surface area contributed by atoms with Crippen LogP contribution in [-0.4, -0.2) is 11.3 Å². The first kappa shape index (κ1) is 22.6. The molecule has 0 amide bonds. The molecule has 9 rings (SSSR count). The monoisotopic (exact) mass is 530 g/mol. The lowest BCUT2D eigenvalue weighted by atomic mass is 9.35. The number of para-hydroxylation sites is 2. The normalized spacial score (nSPS) is 14.9. The van der Waals surface area contributed by atoms with Crippen molar-refractivity contribution in [2.75, 3.05) is 4.90 Å². The molecule has 1 aliphatic carbocycles. The van der Waals surface area contributed by atoms with Crippen LogP contribution in [0.25, 0.3) is 16.6 Å². The van der Waals surface area contributed by atoms with E-state index in [9.17, 15) is 0 Å². The van der Waals surface area contributed by atoms with Gasteiger partial charge in [-0.15, -0.1) is 0 Å². The first-order chi connectivity index (χ1) is 19.9. The van der Waals surface area contributed by atoms with Crippen molar-refractivity contribution in [3.05, 3.63) is 127 Å². The third-order valence-corrected chi connectivity index (χ3v) is 10.2. The molecule has 5 aromatic carbocycles. The van der Waals surface area contributed by atoms with E-state index in [0.29, 0.717) is 0 Å². The summed E-state index contributed by atoms with van der Waals surface area (Å²) >= 11 is 1.91. The first-order valence-corrected chi connectivity index (χ1v) is 15.2. The third kappa shape index (κ3) is 3.14. The van der Waals surface area contributed by atoms with E-state index in [1.54, 1.807) is 5.56 Å². The average molecular weight is 531 g/mol. The van der Waals surface area contributed by atoms with Crippen LogP contribution in [0.2, 0.25) is 0 Å². The zero-order chi connectivity index (χ0) is 26.2. The van der Waals surface area contributed by atoms with Gasteiger partial charge in [0.1, 0.15) is 0 Å². The minimum absolute atomic E-state index is 0.225. The highest BCUT2D eigenvalue weighted by Crippen LogP contribution is 2.42. The highest BCUT2D eigenvalue weighted by atomic mass is 32.2.